The third-order valence-electron chi connectivity index (χ3n) is 2.64. The van der Waals surface area contributed by atoms with Crippen molar-refractivity contribution >= 4 is 0 Å². The summed E-state index contributed by atoms with van der Waals surface area (Å²) in [5.74, 6) is 0. The van der Waals surface area contributed by atoms with E-state index in [4.69, 9.17) is 4.74 Å². The van der Waals surface area contributed by atoms with Crippen LogP contribution in [0.4, 0.5) is 0 Å². The summed E-state index contributed by atoms with van der Waals surface area (Å²) in [5, 5.41) is 0. The summed E-state index contributed by atoms with van der Waals surface area (Å²) in [4.78, 5) is 0. The molecule has 0 aromatic heterocycles. The molecule has 1 nitrogen and oxygen atoms in total. The normalized spacial score (nSPS) is 10.7. The molecule has 0 aromatic rings. The summed E-state index contributed by atoms with van der Waals surface area (Å²) >= 11 is 0. The first kappa shape index (κ1) is 19.6. The molecule has 17 heavy (non-hydrogen) atoms. The number of allylic oxidation sites excluding steroid dienone is 2. The third-order valence-corrected chi connectivity index (χ3v) is 2.64. The Bertz CT molecular complexity index is 146. The van der Waals surface area contributed by atoms with Crippen molar-refractivity contribution in [2.24, 2.45) is 0 Å². The van der Waals surface area contributed by atoms with Crippen molar-refractivity contribution in [1.29, 1.82) is 0 Å². The molecule has 0 saturated carbocycles. The standard InChI is InChI=1S/C15H29O.Li/c1-3-5-7-9-11-13-15-16-14-12-10-8-6-4-2;/h6,8H,2-5,7,9-15H2,1H3;/q-1;+1/b8-6-;. The van der Waals surface area contributed by atoms with Crippen LogP contribution < -0.4 is 18.9 Å². The maximum absolute atomic E-state index is 5.57. The molecule has 0 N–H and O–H groups in total. The van der Waals surface area contributed by atoms with Crippen LogP contribution in [0.3, 0.4) is 0 Å². The quantitative estimate of drug-likeness (QED) is 0.216. The van der Waals surface area contributed by atoms with Gasteiger partial charge in [0.1, 0.15) is 0 Å². The Morgan fingerprint density at radius 2 is 1.53 bits per heavy atom. The summed E-state index contributed by atoms with van der Waals surface area (Å²) in [6.07, 6.45) is 15.6. The number of unbranched alkanes of at least 4 members (excludes halogenated alkanes) is 6. The molecule has 0 heterocycles. The third kappa shape index (κ3) is 18.8. The van der Waals surface area contributed by atoms with E-state index in [0.29, 0.717) is 0 Å². The first-order chi connectivity index (χ1) is 7.91. The second-order valence-corrected chi connectivity index (χ2v) is 4.28. The van der Waals surface area contributed by atoms with Crippen LogP contribution >= 0.6 is 0 Å². The van der Waals surface area contributed by atoms with Crippen molar-refractivity contribution < 1.29 is 23.6 Å². The van der Waals surface area contributed by atoms with Gasteiger partial charge in [-0.2, -0.15) is 6.42 Å². The second kappa shape index (κ2) is 18.7. The number of hydrogen-bond acceptors (Lipinski definition) is 1. The van der Waals surface area contributed by atoms with E-state index in [-0.39, 0.29) is 18.9 Å². The molecule has 0 spiro atoms. The van der Waals surface area contributed by atoms with Crippen LogP contribution in [-0.4, -0.2) is 13.2 Å². The van der Waals surface area contributed by atoms with Crippen molar-refractivity contribution in [2.75, 3.05) is 13.2 Å². The molecule has 0 aliphatic carbocycles. The summed E-state index contributed by atoms with van der Waals surface area (Å²) in [7, 11) is 0. The van der Waals surface area contributed by atoms with Gasteiger partial charge in [-0.3, -0.25) is 0 Å². The van der Waals surface area contributed by atoms with E-state index in [1.807, 2.05) is 0 Å². The average molecular weight is 232 g/mol. The molecule has 0 bridgehead atoms. The zero-order chi connectivity index (χ0) is 11.9. The molecular weight excluding hydrogens is 203 g/mol. The molecule has 0 rings (SSSR count). The van der Waals surface area contributed by atoms with Gasteiger partial charge >= 0.3 is 18.9 Å². The van der Waals surface area contributed by atoms with Gasteiger partial charge in [0, 0.05) is 13.2 Å². The molecule has 0 fully saturated rings. The van der Waals surface area contributed by atoms with Crippen LogP contribution in [0.15, 0.2) is 12.2 Å². The zero-order valence-corrected chi connectivity index (χ0v) is 12.0. The topological polar surface area (TPSA) is 9.23 Å². The molecule has 0 aromatic carbocycles. The van der Waals surface area contributed by atoms with Gasteiger partial charge in [-0.25, -0.2) is 0 Å². The Hall–Kier alpha value is 0.297. The molecule has 0 amide bonds. The molecule has 2 heteroatoms. The molecule has 0 radical (unpaired) electrons. The fraction of sp³-hybridized carbons (Fsp3) is 0.800. The minimum absolute atomic E-state index is 0. The second-order valence-electron chi connectivity index (χ2n) is 4.28. The van der Waals surface area contributed by atoms with Crippen molar-refractivity contribution in [2.45, 2.75) is 64.7 Å². The van der Waals surface area contributed by atoms with E-state index in [0.717, 1.165) is 32.5 Å². The summed E-state index contributed by atoms with van der Waals surface area (Å²) in [6.45, 7) is 7.88. The van der Waals surface area contributed by atoms with Crippen molar-refractivity contribution in [3.05, 3.63) is 19.1 Å². The van der Waals surface area contributed by atoms with E-state index in [1.165, 1.54) is 38.5 Å². The van der Waals surface area contributed by atoms with Crippen LogP contribution in [0.2, 0.25) is 0 Å². The van der Waals surface area contributed by atoms with Crippen LogP contribution in [0.5, 0.6) is 0 Å². The fourth-order valence-electron chi connectivity index (χ4n) is 1.63. The fourth-order valence-corrected chi connectivity index (χ4v) is 1.63. The minimum atomic E-state index is 0. The monoisotopic (exact) mass is 232 g/mol. The van der Waals surface area contributed by atoms with Gasteiger partial charge in [0.05, 0.1) is 0 Å². The average Bonchev–Trinajstić information content (AvgIpc) is 2.31. The Morgan fingerprint density at radius 3 is 2.24 bits per heavy atom. The number of rotatable bonds is 12. The Balaban J connectivity index is 0. The number of ether oxygens (including phenoxy) is 1. The van der Waals surface area contributed by atoms with Gasteiger partial charge in [-0.15, -0.1) is 6.08 Å². The van der Waals surface area contributed by atoms with E-state index in [9.17, 15) is 0 Å². The van der Waals surface area contributed by atoms with Crippen LogP contribution in [0.1, 0.15) is 64.7 Å². The van der Waals surface area contributed by atoms with Gasteiger partial charge in [-0.1, -0.05) is 45.1 Å². The first-order valence-corrected chi connectivity index (χ1v) is 6.93. The van der Waals surface area contributed by atoms with E-state index in [2.05, 4.69) is 26.0 Å². The summed E-state index contributed by atoms with van der Waals surface area (Å²) in [6, 6.07) is 0. The molecule has 0 atom stereocenters. The first-order valence-electron chi connectivity index (χ1n) is 6.93. The zero-order valence-electron chi connectivity index (χ0n) is 12.0. The van der Waals surface area contributed by atoms with Crippen molar-refractivity contribution in [1.82, 2.24) is 0 Å². The molecule has 0 saturated heterocycles. The molecule has 0 unspecified atom stereocenters. The SMILES string of the molecule is [CH2-]C/C=C\CCCOCCCCCCCC.[Li+]. The van der Waals surface area contributed by atoms with Gasteiger partial charge in [0.25, 0.3) is 0 Å². The molecule has 0 aliphatic rings. The summed E-state index contributed by atoms with van der Waals surface area (Å²) < 4.78 is 5.57. The van der Waals surface area contributed by atoms with Gasteiger partial charge in [-0.05, 0) is 19.3 Å². The van der Waals surface area contributed by atoms with Crippen LogP contribution in [0, 0.1) is 6.92 Å². The smallest absolute Gasteiger partial charge is 0.381 e. The Morgan fingerprint density at radius 1 is 0.882 bits per heavy atom. The van der Waals surface area contributed by atoms with E-state index in [1.54, 1.807) is 0 Å². The Labute approximate surface area is 121 Å². The predicted molar refractivity (Wildman–Crippen MR) is 72.5 cm³/mol. The van der Waals surface area contributed by atoms with Gasteiger partial charge in [0.2, 0.25) is 0 Å². The number of hydrogen-bond donors (Lipinski definition) is 0. The van der Waals surface area contributed by atoms with Crippen LogP contribution in [0.25, 0.3) is 0 Å². The molecule has 96 valence electrons. The van der Waals surface area contributed by atoms with Crippen molar-refractivity contribution in [3.8, 4) is 0 Å². The van der Waals surface area contributed by atoms with Crippen molar-refractivity contribution in [3.63, 3.8) is 0 Å². The minimum Gasteiger partial charge on any atom is -0.381 e. The maximum Gasteiger partial charge on any atom is 1.00 e. The van der Waals surface area contributed by atoms with E-state index < -0.39 is 0 Å². The maximum atomic E-state index is 5.57. The van der Waals surface area contributed by atoms with Gasteiger partial charge in [0.15, 0.2) is 0 Å². The van der Waals surface area contributed by atoms with Gasteiger partial charge < -0.3 is 11.7 Å². The molecular formula is C15H29LiO. The predicted octanol–water partition coefficient (Wildman–Crippen LogP) is 1.93. The van der Waals surface area contributed by atoms with Crippen LogP contribution in [-0.2, 0) is 4.74 Å². The van der Waals surface area contributed by atoms with E-state index >= 15 is 0 Å². The largest absolute Gasteiger partial charge is 1.00 e. The Kier molecular flexibility index (Phi) is 21.5. The summed E-state index contributed by atoms with van der Waals surface area (Å²) in [5.41, 5.74) is 0. The molecule has 0 aliphatic heterocycles.